The van der Waals surface area contributed by atoms with Crippen LogP contribution in [0.4, 0.5) is 14.5 Å². The van der Waals surface area contributed by atoms with E-state index in [0.717, 1.165) is 6.07 Å². The van der Waals surface area contributed by atoms with Crippen molar-refractivity contribution in [1.82, 2.24) is 0 Å². The second kappa shape index (κ2) is 3.04. The third-order valence-corrected chi connectivity index (χ3v) is 2.39. The first kappa shape index (κ1) is 9.12. The molecule has 0 N–H and O–H groups in total. The van der Waals surface area contributed by atoms with Crippen molar-refractivity contribution in [2.75, 3.05) is 11.4 Å². The van der Waals surface area contributed by atoms with Gasteiger partial charge in [-0.2, -0.15) is 0 Å². The smallest absolute Gasteiger partial charge is 0.223 e. The standard InChI is InChI=1S/C10H9F2NO/c1-6(14)13-3-2-8-9(12)4-7(11)5-10(8)13/h4-5H,2-3H2,1H3. The van der Waals surface area contributed by atoms with Gasteiger partial charge in [0.1, 0.15) is 11.6 Å². The van der Waals surface area contributed by atoms with Crippen molar-refractivity contribution >= 4 is 11.6 Å². The summed E-state index contributed by atoms with van der Waals surface area (Å²) in [5.41, 5.74) is 0.802. The molecule has 1 amide bonds. The molecule has 0 spiro atoms. The summed E-state index contributed by atoms with van der Waals surface area (Å²) in [6.07, 6.45) is 0.459. The maximum Gasteiger partial charge on any atom is 0.223 e. The van der Waals surface area contributed by atoms with Crippen molar-refractivity contribution in [3.63, 3.8) is 0 Å². The van der Waals surface area contributed by atoms with Crippen molar-refractivity contribution in [1.29, 1.82) is 0 Å². The summed E-state index contributed by atoms with van der Waals surface area (Å²) >= 11 is 0. The molecule has 0 bridgehead atoms. The number of fused-ring (bicyclic) bond motifs is 1. The van der Waals surface area contributed by atoms with E-state index in [2.05, 4.69) is 0 Å². The summed E-state index contributed by atoms with van der Waals surface area (Å²) in [5, 5.41) is 0. The lowest BCUT2D eigenvalue weighted by molar-refractivity contribution is -0.116. The quantitative estimate of drug-likeness (QED) is 0.621. The first-order valence-corrected chi connectivity index (χ1v) is 4.35. The van der Waals surface area contributed by atoms with Gasteiger partial charge >= 0.3 is 0 Å². The largest absolute Gasteiger partial charge is 0.312 e. The van der Waals surface area contributed by atoms with E-state index in [4.69, 9.17) is 0 Å². The Morgan fingerprint density at radius 3 is 2.79 bits per heavy atom. The average Bonchev–Trinajstić information content (AvgIpc) is 2.47. The SMILES string of the molecule is CC(=O)N1CCc2c(F)cc(F)cc21. The monoisotopic (exact) mass is 197 g/mol. The number of hydrogen-bond acceptors (Lipinski definition) is 1. The Kier molecular flexibility index (Phi) is 1.98. The molecule has 2 rings (SSSR count). The molecule has 0 atom stereocenters. The number of anilines is 1. The molecule has 0 aliphatic carbocycles. The third-order valence-electron chi connectivity index (χ3n) is 2.39. The van der Waals surface area contributed by atoms with Crippen LogP contribution in [-0.4, -0.2) is 12.5 Å². The molecule has 0 fully saturated rings. The van der Waals surface area contributed by atoms with Crippen LogP contribution >= 0.6 is 0 Å². The highest BCUT2D eigenvalue weighted by molar-refractivity contribution is 5.93. The fraction of sp³-hybridized carbons (Fsp3) is 0.300. The minimum absolute atomic E-state index is 0.186. The number of carbonyl (C=O) groups excluding carboxylic acids is 1. The second-order valence-electron chi connectivity index (χ2n) is 3.31. The van der Waals surface area contributed by atoms with E-state index in [1.54, 1.807) is 0 Å². The average molecular weight is 197 g/mol. The maximum atomic E-state index is 13.2. The highest BCUT2D eigenvalue weighted by Gasteiger charge is 2.25. The number of halogens is 2. The van der Waals surface area contributed by atoms with Crippen molar-refractivity contribution in [3.8, 4) is 0 Å². The number of benzene rings is 1. The van der Waals surface area contributed by atoms with Crippen LogP contribution in [0.25, 0.3) is 0 Å². The Morgan fingerprint density at radius 1 is 1.43 bits per heavy atom. The second-order valence-corrected chi connectivity index (χ2v) is 3.31. The Hall–Kier alpha value is -1.45. The lowest BCUT2D eigenvalue weighted by Gasteiger charge is -2.14. The zero-order valence-electron chi connectivity index (χ0n) is 7.68. The van der Waals surface area contributed by atoms with Crippen LogP contribution in [0, 0.1) is 11.6 Å². The zero-order chi connectivity index (χ0) is 10.3. The van der Waals surface area contributed by atoms with Gasteiger partial charge in [0, 0.05) is 25.1 Å². The molecule has 1 aliphatic heterocycles. The Labute approximate surface area is 80.1 Å². The minimum Gasteiger partial charge on any atom is -0.312 e. The van der Waals surface area contributed by atoms with Crippen LogP contribution in [0.1, 0.15) is 12.5 Å². The topological polar surface area (TPSA) is 20.3 Å². The van der Waals surface area contributed by atoms with Gasteiger partial charge in [-0.1, -0.05) is 0 Å². The predicted octanol–water partition coefficient (Wildman–Crippen LogP) is 1.87. The van der Waals surface area contributed by atoms with Crippen LogP contribution < -0.4 is 4.90 Å². The van der Waals surface area contributed by atoms with Crippen LogP contribution in [0.5, 0.6) is 0 Å². The van der Waals surface area contributed by atoms with Crippen molar-refractivity contribution < 1.29 is 13.6 Å². The maximum absolute atomic E-state index is 13.2. The molecule has 1 aliphatic rings. The van der Waals surface area contributed by atoms with Crippen LogP contribution in [0.3, 0.4) is 0 Å². The van der Waals surface area contributed by atoms with E-state index < -0.39 is 11.6 Å². The number of carbonyl (C=O) groups is 1. The highest BCUT2D eigenvalue weighted by atomic mass is 19.1. The minimum atomic E-state index is -0.644. The van der Waals surface area contributed by atoms with E-state index in [9.17, 15) is 13.6 Å². The van der Waals surface area contributed by atoms with Crippen molar-refractivity contribution in [2.24, 2.45) is 0 Å². The molecule has 1 heterocycles. The lowest BCUT2D eigenvalue weighted by Crippen LogP contribution is -2.25. The fourth-order valence-electron chi connectivity index (χ4n) is 1.75. The lowest BCUT2D eigenvalue weighted by atomic mass is 10.1. The Morgan fingerprint density at radius 2 is 2.14 bits per heavy atom. The molecule has 1 aromatic carbocycles. The molecule has 1 aromatic rings. The van der Waals surface area contributed by atoms with E-state index in [0.29, 0.717) is 24.2 Å². The molecule has 2 nitrogen and oxygen atoms in total. The molecule has 4 heteroatoms. The molecular weight excluding hydrogens is 188 g/mol. The molecule has 0 radical (unpaired) electrons. The Balaban J connectivity index is 2.54. The molecule has 0 aromatic heterocycles. The zero-order valence-corrected chi connectivity index (χ0v) is 7.68. The third kappa shape index (κ3) is 1.27. The van der Waals surface area contributed by atoms with Gasteiger partial charge in [0.2, 0.25) is 5.91 Å². The van der Waals surface area contributed by atoms with E-state index in [-0.39, 0.29) is 5.91 Å². The van der Waals surface area contributed by atoms with Gasteiger partial charge in [-0.25, -0.2) is 8.78 Å². The predicted molar refractivity (Wildman–Crippen MR) is 48.1 cm³/mol. The van der Waals surface area contributed by atoms with Gasteiger partial charge in [-0.05, 0) is 12.5 Å². The summed E-state index contributed by atoms with van der Waals surface area (Å²) in [5.74, 6) is -1.40. The molecule has 0 saturated heterocycles. The molecule has 14 heavy (non-hydrogen) atoms. The van der Waals surface area contributed by atoms with E-state index >= 15 is 0 Å². The van der Waals surface area contributed by atoms with Crippen LogP contribution in [0.2, 0.25) is 0 Å². The summed E-state index contributed by atoms with van der Waals surface area (Å²) in [7, 11) is 0. The van der Waals surface area contributed by atoms with Gasteiger partial charge in [-0.3, -0.25) is 4.79 Å². The molecule has 0 saturated carbocycles. The molecule has 74 valence electrons. The first-order chi connectivity index (χ1) is 6.59. The van der Waals surface area contributed by atoms with Crippen molar-refractivity contribution in [2.45, 2.75) is 13.3 Å². The summed E-state index contributed by atoms with van der Waals surface area (Å²) < 4.78 is 26.1. The number of amides is 1. The van der Waals surface area contributed by atoms with Gasteiger partial charge in [0.25, 0.3) is 0 Å². The van der Waals surface area contributed by atoms with Gasteiger partial charge < -0.3 is 4.90 Å². The number of nitrogens with zero attached hydrogens (tertiary/aromatic N) is 1. The molecule has 0 unspecified atom stereocenters. The number of hydrogen-bond donors (Lipinski definition) is 0. The van der Waals surface area contributed by atoms with Crippen LogP contribution in [0.15, 0.2) is 12.1 Å². The fourth-order valence-corrected chi connectivity index (χ4v) is 1.75. The van der Waals surface area contributed by atoms with Gasteiger partial charge in [-0.15, -0.1) is 0 Å². The summed E-state index contributed by atoms with van der Waals surface area (Å²) in [6.45, 7) is 1.82. The Bertz CT molecular complexity index is 403. The van der Waals surface area contributed by atoms with E-state index in [1.807, 2.05) is 0 Å². The van der Waals surface area contributed by atoms with E-state index in [1.165, 1.54) is 17.9 Å². The highest BCUT2D eigenvalue weighted by Crippen LogP contribution is 2.30. The van der Waals surface area contributed by atoms with Crippen LogP contribution in [-0.2, 0) is 11.2 Å². The molecular formula is C10H9F2NO. The normalized spacial score (nSPS) is 14.4. The summed E-state index contributed by atoms with van der Waals surface area (Å²) in [6, 6.07) is 2.05. The number of rotatable bonds is 0. The van der Waals surface area contributed by atoms with Gasteiger partial charge in [0.15, 0.2) is 0 Å². The van der Waals surface area contributed by atoms with Crippen molar-refractivity contribution in [3.05, 3.63) is 29.3 Å². The first-order valence-electron chi connectivity index (χ1n) is 4.35. The summed E-state index contributed by atoms with van der Waals surface area (Å²) in [4.78, 5) is 12.5. The van der Waals surface area contributed by atoms with Gasteiger partial charge in [0.05, 0.1) is 5.69 Å².